The van der Waals surface area contributed by atoms with Crippen molar-refractivity contribution < 1.29 is 14.3 Å². The summed E-state index contributed by atoms with van der Waals surface area (Å²) in [5.74, 6) is -0.279. The molecule has 0 saturated carbocycles. The van der Waals surface area contributed by atoms with Gasteiger partial charge in [0.05, 0.1) is 28.8 Å². The summed E-state index contributed by atoms with van der Waals surface area (Å²) in [4.78, 5) is 26.3. The molecule has 2 aromatic carbocycles. The van der Waals surface area contributed by atoms with Crippen LogP contribution in [-0.4, -0.2) is 25.5 Å². The molecule has 2 amide bonds. The third kappa shape index (κ3) is 3.72. The summed E-state index contributed by atoms with van der Waals surface area (Å²) in [7, 11) is 1.52. The highest BCUT2D eigenvalue weighted by Crippen LogP contribution is 2.33. The van der Waals surface area contributed by atoms with Gasteiger partial charge in [0.2, 0.25) is 11.8 Å². The van der Waals surface area contributed by atoms with Gasteiger partial charge in [-0.2, -0.15) is 0 Å². The Kier molecular flexibility index (Phi) is 5.16. The van der Waals surface area contributed by atoms with Crippen LogP contribution in [0.1, 0.15) is 6.42 Å². The molecule has 1 unspecified atom stereocenters. The minimum absolute atomic E-state index is 0.124. The summed E-state index contributed by atoms with van der Waals surface area (Å²) in [6.07, 6.45) is 0.139. The zero-order chi connectivity index (χ0) is 18.0. The average Bonchev–Trinajstić information content (AvgIpc) is 2.99. The van der Waals surface area contributed by atoms with Gasteiger partial charge in [0.25, 0.3) is 0 Å². The standard InChI is InChI=1S/C18H16Cl2N2O3/c1-25-16-7-6-12(9-14(16)20)22-10-11(8-17(22)23)18(24)21-15-5-3-2-4-13(15)19/h2-7,9,11H,8,10H2,1H3,(H,21,24). The first-order chi connectivity index (χ1) is 12.0. The van der Waals surface area contributed by atoms with Crippen molar-refractivity contribution in [3.8, 4) is 5.75 Å². The molecule has 0 aromatic heterocycles. The Labute approximate surface area is 155 Å². The predicted octanol–water partition coefficient (Wildman–Crippen LogP) is 3.99. The number of benzene rings is 2. The lowest BCUT2D eigenvalue weighted by Gasteiger charge is -2.18. The van der Waals surface area contributed by atoms with E-state index in [4.69, 9.17) is 27.9 Å². The fourth-order valence-electron chi connectivity index (χ4n) is 2.75. The molecule has 25 heavy (non-hydrogen) atoms. The number of ether oxygens (including phenoxy) is 1. The van der Waals surface area contributed by atoms with Crippen LogP contribution in [0.15, 0.2) is 42.5 Å². The molecule has 0 radical (unpaired) electrons. The lowest BCUT2D eigenvalue weighted by Crippen LogP contribution is -2.28. The van der Waals surface area contributed by atoms with Crippen LogP contribution in [0.2, 0.25) is 10.0 Å². The van der Waals surface area contributed by atoms with Crippen molar-refractivity contribution in [1.29, 1.82) is 0 Å². The third-order valence-corrected chi connectivity index (χ3v) is 4.70. The Morgan fingerprint density at radius 2 is 1.96 bits per heavy atom. The van der Waals surface area contributed by atoms with Crippen LogP contribution in [0.25, 0.3) is 0 Å². The van der Waals surface area contributed by atoms with E-state index in [0.29, 0.717) is 27.2 Å². The Morgan fingerprint density at radius 3 is 2.64 bits per heavy atom. The number of hydrogen-bond acceptors (Lipinski definition) is 3. The van der Waals surface area contributed by atoms with Gasteiger partial charge in [-0.05, 0) is 30.3 Å². The molecule has 0 bridgehead atoms. The summed E-state index contributed by atoms with van der Waals surface area (Å²) < 4.78 is 5.11. The zero-order valence-corrected chi connectivity index (χ0v) is 15.0. The first kappa shape index (κ1) is 17.6. The SMILES string of the molecule is COc1ccc(N2CC(C(=O)Nc3ccccc3Cl)CC2=O)cc1Cl. The number of hydrogen-bond donors (Lipinski definition) is 1. The smallest absolute Gasteiger partial charge is 0.229 e. The highest BCUT2D eigenvalue weighted by Gasteiger charge is 2.35. The van der Waals surface area contributed by atoms with Gasteiger partial charge in [-0.25, -0.2) is 0 Å². The minimum atomic E-state index is -0.454. The maximum absolute atomic E-state index is 12.5. The van der Waals surface area contributed by atoms with Crippen molar-refractivity contribution in [2.45, 2.75) is 6.42 Å². The number of methoxy groups -OCH3 is 1. The summed E-state index contributed by atoms with van der Waals surface area (Å²) in [6, 6.07) is 12.1. The number of nitrogens with one attached hydrogen (secondary N) is 1. The summed E-state index contributed by atoms with van der Waals surface area (Å²) in [5, 5.41) is 3.65. The van der Waals surface area contributed by atoms with Gasteiger partial charge < -0.3 is 15.0 Å². The van der Waals surface area contributed by atoms with Crippen molar-refractivity contribution >= 4 is 46.4 Å². The molecule has 1 aliphatic rings. The van der Waals surface area contributed by atoms with E-state index in [9.17, 15) is 9.59 Å². The lowest BCUT2D eigenvalue weighted by molar-refractivity contribution is -0.122. The number of anilines is 2. The zero-order valence-electron chi connectivity index (χ0n) is 13.5. The van der Waals surface area contributed by atoms with Gasteiger partial charge in [-0.1, -0.05) is 35.3 Å². The lowest BCUT2D eigenvalue weighted by atomic mass is 10.1. The van der Waals surface area contributed by atoms with E-state index in [2.05, 4.69) is 5.32 Å². The van der Waals surface area contributed by atoms with Crippen molar-refractivity contribution in [3.05, 3.63) is 52.5 Å². The Balaban J connectivity index is 1.73. The largest absolute Gasteiger partial charge is 0.495 e. The fourth-order valence-corrected chi connectivity index (χ4v) is 3.19. The molecule has 1 N–H and O–H groups in total. The van der Waals surface area contributed by atoms with Crippen molar-refractivity contribution in [2.24, 2.45) is 5.92 Å². The number of carbonyl (C=O) groups excluding carboxylic acids is 2. The molecule has 7 heteroatoms. The number of carbonyl (C=O) groups is 2. The van der Waals surface area contributed by atoms with Gasteiger partial charge in [-0.15, -0.1) is 0 Å². The molecule has 0 aliphatic carbocycles. The molecule has 1 heterocycles. The van der Waals surface area contributed by atoms with E-state index in [0.717, 1.165) is 0 Å². The number of para-hydroxylation sites is 1. The topological polar surface area (TPSA) is 58.6 Å². The molecule has 3 rings (SSSR count). The van der Waals surface area contributed by atoms with Gasteiger partial charge in [0.15, 0.2) is 0 Å². The number of rotatable bonds is 4. The first-order valence-electron chi connectivity index (χ1n) is 7.69. The minimum Gasteiger partial charge on any atom is -0.495 e. The van der Waals surface area contributed by atoms with Crippen LogP contribution in [0.4, 0.5) is 11.4 Å². The van der Waals surface area contributed by atoms with Crippen LogP contribution in [-0.2, 0) is 9.59 Å². The van der Waals surface area contributed by atoms with E-state index in [1.165, 1.54) is 7.11 Å². The van der Waals surface area contributed by atoms with E-state index in [-0.39, 0.29) is 24.8 Å². The molecule has 1 aliphatic heterocycles. The number of amides is 2. The normalized spacial score (nSPS) is 16.8. The summed E-state index contributed by atoms with van der Waals surface area (Å²) in [5.41, 5.74) is 1.18. The Bertz CT molecular complexity index is 826. The van der Waals surface area contributed by atoms with Crippen molar-refractivity contribution in [3.63, 3.8) is 0 Å². The Hall–Kier alpha value is -2.24. The molecule has 1 fully saturated rings. The fraction of sp³-hybridized carbons (Fsp3) is 0.222. The van der Waals surface area contributed by atoms with E-state index < -0.39 is 5.92 Å². The second kappa shape index (κ2) is 7.33. The predicted molar refractivity (Wildman–Crippen MR) is 98.5 cm³/mol. The second-order valence-electron chi connectivity index (χ2n) is 5.69. The third-order valence-electron chi connectivity index (χ3n) is 4.07. The van der Waals surface area contributed by atoms with Crippen molar-refractivity contribution in [2.75, 3.05) is 23.9 Å². The molecule has 0 spiro atoms. The number of halogens is 2. The van der Waals surface area contributed by atoms with E-state index in [1.54, 1.807) is 47.4 Å². The molecule has 1 saturated heterocycles. The van der Waals surface area contributed by atoms with Gasteiger partial charge in [-0.3, -0.25) is 9.59 Å². The summed E-state index contributed by atoms with van der Waals surface area (Å²) >= 11 is 12.2. The second-order valence-corrected chi connectivity index (χ2v) is 6.51. The van der Waals surface area contributed by atoms with Crippen molar-refractivity contribution in [1.82, 2.24) is 0 Å². The highest BCUT2D eigenvalue weighted by atomic mass is 35.5. The molecule has 130 valence electrons. The maximum atomic E-state index is 12.5. The van der Waals surface area contributed by atoms with Crippen LogP contribution in [0, 0.1) is 5.92 Å². The van der Waals surface area contributed by atoms with Crippen LogP contribution >= 0.6 is 23.2 Å². The maximum Gasteiger partial charge on any atom is 0.229 e. The Morgan fingerprint density at radius 1 is 1.20 bits per heavy atom. The van der Waals surface area contributed by atoms with E-state index >= 15 is 0 Å². The van der Waals surface area contributed by atoms with Gasteiger partial charge in [0.1, 0.15) is 5.75 Å². The average molecular weight is 379 g/mol. The van der Waals surface area contributed by atoms with Crippen LogP contribution < -0.4 is 15.0 Å². The molecule has 2 aromatic rings. The molecule has 1 atom stereocenters. The van der Waals surface area contributed by atoms with Crippen LogP contribution in [0.3, 0.4) is 0 Å². The summed E-state index contributed by atoms with van der Waals surface area (Å²) in [6.45, 7) is 0.289. The van der Waals surface area contributed by atoms with E-state index in [1.807, 2.05) is 0 Å². The van der Waals surface area contributed by atoms with Gasteiger partial charge in [0, 0.05) is 18.7 Å². The molecule has 5 nitrogen and oxygen atoms in total. The number of nitrogens with zero attached hydrogens (tertiary/aromatic N) is 1. The molecular weight excluding hydrogens is 363 g/mol. The first-order valence-corrected chi connectivity index (χ1v) is 8.44. The highest BCUT2D eigenvalue weighted by molar-refractivity contribution is 6.33. The monoisotopic (exact) mass is 378 g/mol. The molecular formula is C18H16Cl2N2O3. The van der Waals surface area contributed by atoms with Gasteiger partial charge >= 0.3 is 0 Å². The quantitative estimate of drug-likeness (QED) is 0.874. The van der Waals surface area contributed by atoms with Crippen LogP contribution in [0.5, 0.6) is 5.75 Å².